The van der Waals surface area contributed by atoms with Crippen LogP contribution in [0.15, 0.2) is 29.2 Å². The molecule has 1 aromatic heterocycles. The second-order valence-corrected chi connectivity index (χ2v) is 8.14. The summed E-state index contributed by atoms with van der Waals surface area (Å²) in [5, 5.41) is 11.6. The van der Waals surface area contributed by atoms with Crippen molar-refractivity contribution < 1.29 is 27.1 Å². The minimum absolute atomic E-state index is 0.0428. The molecule has 0 spiro atoms. The molecule has 1 aliphatic rings. The van der Waals surface area contributed by atoms with E-state index in [0.717, 1.165) is 12.1 Å². The molecule has 0 saturated carbocycles. The monoisotopic (exact) mass is 411 g/mol. The SMILES string of the molecule is Cc1c(S(=O)(=O)NC(C)CO)c2n(c1C(=O)Nc1ccc(F)c(F)c1)CC=C2. The Hall–Kier alpha value is -2.56. The largest absolute Gasteiger partial charge is 0.395 e. The zero-order valence-electron chi connectivity index (χ0n) is 15.2. The highest BCUT2D eigenvalue weighted by molar-refractivity contribution is 7.89. The van der Waals surface area contributed by atoms with E-state index in [-0.39, 0.29) is 28.4 Å². The Kier molecular flexibility index (Phi) is 5.37. The van der Waals surface area contributed by atoms with Gasteiger partial charge in [0.25, 0.3) is 5.91 Å². The summed E-state index contributed by atoms with van der Waals surface area (Å²) in [4.78, 5) is 12.7. The van der Waals surface area contributed by atoms with Crippen molar-refractivity contribution in [3.8, 4) is 0 Å². The zero-order chi connectivity index (χ0) is 20.6. The van der Waals surface area contributed by atoms with E-state index in [1.165, 1.54) is 24.5 Å². The summed E-state index contributed by atoms with van der Waals surface area (Å²) < 4.78 is 55.9. The molecular weight excluding hydrogens is 392 g/mol. The van der Waals surface area contributed by atoms with Crippen LogP contribution < -0.4 is 10.0 Å². The summed E-state index contributed by atoms with van der Waals surface area (Å²) in [6, 6.07) is 2.24. The standard InChI is InChI=1S/C18H19F2N3O4S/c1-10(9-24)22-28(26,27)17-11(2)16(23-7-3-4-15(17)23)18(25)21-12-5-6-13(19)14(20)8-12/h3-6,8,10,22,24H,7,9H2,1-2H3,(H,21,25). The molecule has 3 N–H and O–H groups in total. The van der Waals surface area contributed by atoms with Crippen LogP contribution in [-0.4, -0.2) is 36.6 Å². The molecule has 2 heterocycles. The molecule has 1 amide bonds. The van der Waals surface area contributed by atoms with E-state index in [1.54, 1.807) is 12.2 Å². The summed E-state index contributed by atoms with van der Waals surface area (Å²) in [5.41, 5.74) is 0.700. The Morgan fingerprint density at radius 2 is 2.04 bits per heavy atom. The number of hydrogen-bond acceptors (Lipinski definition) is 4. The number of allylic oxidation sites excluding steroid dienone is 1. The third kappa shape index (κ3) is 3.58. The van der Waals surface area contributed by atoms with Gasteiger partial charge in [-0.2, -0.15) is 0 Å². The molecule has 0 aliphatic carbocycles. The highest BCUT2D eigenvalue weighted by Gasteiger charge is 2.32. The maximum absolute atomic E-state index is 13.4. The first kappa shape index (κ1) is 20.2. The molecule has 150 valence electrons. The molecule has 1 unspecified atom stereocenters. The number of nitrogens with zero attached hydrogens (tertiary/aromatic N) is 1. The van der Waals surface area contributed by atoms with Gasteiger partial charge in [-0.15, -0.1) is 0 Å². The number of fused-ring (bicyclic) bond motifs is 1. The Morgan fingerprint density at radius 1 is 1.32 bits per heavy atom. The molecule has 3 rings (SSSR count). The topological polar surface area (TPSA) is 100 Å². The van der Waals surface area contributed by atoms with Crippen LogP contribution in [0.2, 0.25) is 0 Å². The molecule has 0 bridgehead atoms. The number of carbonyl (C=O) groups is 1. The van der Waals surface area contributed by atoms with Crippen LogP contribution >= 0.6 is 0 Å². The van der Waals surface area contributed by atoms with Crippen molar-refractivity contribution in [3.63, 3.8) is 0 Å². The van der Waals surface area contributed by atoms with E-state index in [1.807, 2.05) is 0 Å². The van der Waals surface area contributed by atoms with Gasteiger partial charge in [0.05, 0.1) is 12.3 Å². The van der Waals surface area contributed by atoms with Gasteiger partial charge in [0.2, 0.25) is 10.0 Å². The Balaban J connectivity index is 2.01. The van der Waals surface area contributed by atoms with Gasteiger partial charge in [-0.1, -0.05) is 6.08 Å². The number of aromatic nitrogens is 1. The van der Waals surface area contributed by atoms with Crippen LogP contribution in [0.25, 0.3) is 6.08 Å². The number of aliphatic hydroxyl groups is 1. The molecule has 1 atom stereocenters. The summed E-state index contributed by atoms with van der Waals surface area (Å²) in [7, 11) is -4.00. The number of rotatable bonds is 6. The summed E-state index contributed by atoms with van der Waals surface area (Å²) in [6.07, 6.45) is 3.30. The Morgan fingerprint density at radius 3 is 2.68 bits per heavy atom. The Bertz CT molecular complexity index is 1080. The van der Waals surface area contributed by atoms with E-state index >= 15 is 0 Å². The van der Waals surface area contributed by atoms with Crippen molar-refractivity contribution in [2.24, 2.45) is 0 Å². The van der Waals surface area contributed by atoms with Crippen LogP contribution in [0, 0.1) is 18.6 Å². The third-order valence-corrected chi connectivity index (χ3v) is 6.11. The van der Waals surface area contributed by atoms with Gasteiger partial charge in [-0.3, -0.25) is 4.79 Å². The van der Waals surface area contributed by atoms with Crippen LogP contribution in [0.3, 0.4) is 0 Å². The molecule has 0 saturated heterocycles. The molecule has 10 heteroatoms. The van der Waals surface area contributed by atoms with Gasteiger partial charge < -0.3 is 15.0 Å². The Labute approximate surface area is 160 Å². The van der Waals surface area contributed by atoms with E-state index in [2.05, 4.69) is 10.0 Å². The number of aliphatic hydroxyl groups excluding tert-OH is 1. The molecular formula is C18H19F2N3O4S. The number of benzene rings is 1. The maximum Gasteiger partial charge on any atom is 0.272 e. The lowest BCUT2D eigenvalue weighted by Gasteiger charge is -2.12. The first-order valence-corrected chi connectivity index (χ1v) is 9.93. The second kappa shape index (κ2) is 7.46. The van der Waals surface area contributed by atoms with Crippen molar-refractivity contribution >= 4 is 27.7 Å². The van der Waals surface area contributed by atoms with Gasteiger partial charge >= 0.3 is 0 Å². The lowest BCUT2D eigenvalue weighted by molar-refractivity contribution is 0.101. The van der Waals surface area contributed by atoms with Crippen LogP contribution in [0.1, 0.15) is 28.7 Å². The lowest BCUT2D eigenvalue weighted by Crippen LogP contribution is -2.35. The zero-order valence-corrected chi connectivity index (χ0v) is 16.0. The molecule has 1 aliphatic heterocycles. The fraction of sp³-hybridized carbons (Fsp3) is 0.278. The van der Waals surface area contributed by atoms with Gasteiger partial charge in [-0.05, 0) is 32.1 Å². The lowest BCUT2D eigenvalue weighted by atomic mass is 10.2. The van der Waals surface area contributed by atoms with Gasteiger partial charge in [-0.25, -0.2) is 21.9 Å². The molecule has 0 fully saturated rings. The highest BCUT2D eigenvalue weighted by Crippen LogP contribution is 2.32. The predicted octanol–water partition coefficient (Wildman–Crippen LogP) is 2.01. The number of halogens is 2. The van der Waals surface area contributed by atoms with Crippen molar-refractivity contribution in [2.75, 3.05) is 11.9 Å². The predicted molar refractivity (Wildman–Crippen MR) is 99.4 cm³/mol. The van der Waals surface area contributed by atoms with Crippen molar-refractivity contribution in [3.05, 3.63) is 52.9 Å². The number of anilines is 1. The molecule has 2 aromatic rings. The quantitative estimate of drug-likeness (QED) is 0.677. The normalized spacial score (nSPS) is 14.2. The van der Waals surface area contributed by atoms with E-state index in [9.17, 15) is 22.0 Å². The number of carbonyl (C=O) groups excluding carboxylic acids is 1. The average Bonchev–Trinajstić information content (AvgIpc) is 3.16. The molecule has 0 radical (unpaired) electrons. The van der Waals surface area contributed by atoms with E-state index in [0.29, 0.717) is 12.2 Å². The third-order valence-electron chi connectivity index (χ3n) is 4.34. The number of amides is 1. The highest BCUT2D eigenvalue weighted by atomic mass is 32.2. The summed E-state index contributed by atoms with van der Waals surface area (Å²) in [5.74, 6) is -2.80. The van der Waals surface area contributed by atoms with Crippen LogP contribution in [0.4, 0.5) is 14.5 Å². The number of sulfonamides is 1. The van der Waals surface area contributed by atoms with Gasteiger partial charge in [0.15, 0.2) is 11.6 Å². The van der Waals surface area contributed by atoms with Crippen LogP contribution in [0.5, 0.6) is 0 Å². The fourth-order valence-corrected chi connectivity index (χ4v) is 4.80. The minimum atomic E-state index is -4.00. The van der Waals surface area contributed by atoms with Crippen molar-refractivity contribution in [2.45, 2.75) is 31.3 Å². The number of hydrogen-bond donors (Lipinski definition) is 3. The average molecular weight is 411 g/mol. The summed E-state index contributed by atoms with van der Waals surface area (Å²) >= 11 is 0. The maximum atomic E-state index is 13.4. The summed E-state index contributed by atoms with van der Waals surface area (Å²) in [6.45, 7) is 2.92. The second-order valence-electron chi connectivity index (χ2n) is 6.49. The van der Waals surface area contributed by atoms with Gasteiger partial charge in [0.1, 0.15) is 10.6 Å². The minimum Gasteiger partial charge on any atom is -0.395 e. The number of nitrogens with one attached hydrogen (secondary N) is 2. The van der Waals surface area contributed by atoms with Crippen molar-refractivity contribution in [1.29, 1.82) is 0 Å². The van der Waals surface area contributed by atoms with Crippen LogP contribution in [-0.2, 0) is 16.6 Å². The van der Waals surface area contributed by atoms with Crippen molar-refractivity contribution in [1.82, 2.24) is 9.29 Å². The van der Waals surface area contributed by atoms with Gasteiger partial charge in [0, 0.05) is 29.9 Å². The van der Waals surface area contributed by atoms with E-state index < -0.39 is 33.6 Å². The van der Waals surface area contributed by atoms with E-state index in [4.69, 9.17) is 5.11 Å². The molecule has 1 aromatic carbocycles. The fourth-order valence-electron chi connectivity index (χ4n) is 3.13. The molecule has 7 nitrogen and oxygen atoms in total. The smallest absolute Gasteiger partial charge is 0.272 e. The molecule has 28 heavy (non-hydrogen) atoms. The first-order valence-electron chi connectivity index (χ1n) is 8.45. The first-order chi connectivity index (χ1) is 13.2.